The number of nitrogens with two attached hydrogens (primary N) is 1. The molecule has 4 rings (SSSR count). The molecular formula is C20H18N8O. The molecule has 29 heavy (non-hydrogen) atoms. The Labute approximate surface area is 166 Å². The van der Waals surface area contributed by atoms with Crippen LogP contribution in [-0.4, -0.2) is 31.6 Å². The number of nitrogen functional groups attached to an aromatic ring is 1. The summed E-state index contributed by atoms with van der Waals surface area (Å²) in [6.45, 7) is 1.93. The Kier molecular flexibility index (Phi) is 4.66. The van der Waals surface area contributed by atoms with Crippen molar-refractivity contribution in [2.45, 2.75) is 13.0 Å². The molecule has 0 amide bonds. The molecule has 0 unspecified atom stereocenters. The number of hydrogen-bond acceptors (Lipinski definition) is 8. The van der Waals surface area contributed by atoms with Gasteiger partial charge in [0.1, 0.15) is 28.8 Å². The number of nitrogens with zero attached hydrogens (tertiary/aromatic N) is 6. The molecule has 1 aromatic carbocycles. The number of pyridine rings is 1. The minimum Gasteiger partial charge on any atom is -0.481 e. The summed E-state index contributed by atoms with van der Waals surface area (Å²) in [5.41, 5.74) is 8.29. The summed E-state index contributed by atoms with van der Waals surface area (Å²) in [4.78, 5) is 17.4. The summed E-state index contributed by atoms with van der Waals surface area (Å²) in [6.07, 6.45) is 1.39. The van der Waals surface area contributed by atoms with E-state index in [0.29, 0.717) is 28.7 Å². The van der Waals surface area contributed by atoms with E-state index in [-0.39, 0.29) is 12.0 Å². The number of para-hydroxylation sites is 1. The van der Waals surface area contributed by atoms with Crippen LogP contribution in [0.4, 0.5) is 11.8 Å². The van der Waals surface area contributed by atoms with E-state index in [1.165, 1.54) is 6.20 Å². The van der Waals surface area contributed by atoms with Crippen LogP contribution in [0, 0.1) is 11.3 Å². The largest absolute Gasteiger partial charge is 0.481 e. The number of hydrogen-bond donors (Lipinski definition) is 2. The summed E-state index contributed by atoms with van der Waals surface area (Å²) in [5.74, 6) is 1.64. The maximum absolute atomic E-state index is 9.34. The molecule has 3 heterocycles. The van der Waals surface area contributed by atoms with Crippen molar-refractivity contribution in [3.63, 3.8) is 0 Å². The zero-order chi connectivity index (χ0) is 20.4. The molecule has 1 atom stereocenters. The molecule has 0 spiro atoms. The van der Waals surface area contributed by atoms with E-state index < -0.39 is 0 Å². The topological polar surface area (TPSA) is 128 Å². The quantitative estimate of drug-likeness (QED) is 0.536. The van der Waals surface area contributed by atoms with E-state index in [4.69, 9.17) is 15.5 Å². The Balaban J connectivity index is 1.85. The van der Waals surface area contributed by atoms with Crippen LogP contribution in [0.25, 0.3) is 16.9 Å². The van der Waals surface area contributed by atoms with Crippen molar-refractivity contribution in [1.82, 2.24) is 24.5 Å². The molecular weight excluding hydrogens is 368 g/mol. The summed E-state index contributed by atoms with van der Waals surface area (Å²) >= 11 is 0. The van der Waals surface area contributed by atoms with Crippen molar-refractivity contribution in [1.29, 1.82) is 5.26 Å². The normalized spacial score (nSPS) is 11.8. The fourth-order valence-electron chi connectivity index (χ4n) is 3.05. The number of imidazole rings is 1. The lowest BCUT2D eigenvalue weighted by Gasteiger charge is -2.17. The number of ether oxygens (including phenoxy) is 1. The second-order valence-electron chi connectivity index (χ2n) is 6.31. The second kappa shape index (κ2) is 7.44. The van der Waals surface area contributed by atoms with E-state index >= 15 is 0 Å². The van der Waals surface area contributed by atoms with Gasteiger partial charge in [-0.05, 0) is 25.1 Å². The van der Waals surface area contributed by atoms with Crippen LogP contribution >= 0.6 is 0 Å². The van der Waals surface area contributed by atoms with Crippen molar-refractivity contribution >= 4 is 22.9 Å². The number of rotatable bonds is 5. The lowest BCUT2D eigenvalue weighted by atomic mass is 10.2. The Morgan fingerprint density at radius 2 is 1.93 bits per heavy atom. The minimum absolute atomic E-state index is 0.0849. The van der Waals surface area contributed by atoms with Gasteiger partial charge in [-0.25, -0.2) is 9.97 Å². The van der Waals surface area contributed by atoms with E-state index in [9.17, 15) is 5.26 Å². The van der Waals surface area contributed by atoms with Crippen molar-refractivity contribution in [2.24, 2.45) is 0 Å². The van der Waals surface area contributed by atoms with E-state index in [2.05, 4.69) is 26.3 Å². The van der Waals surface area contributed by atoms with Crippen LogP contribution in [0.3, 0.4) is 0 Å². The summed E-state index contributed by atoms with van der Waals surface area (Å²) < 4.78 is 7.24. The molecule has 144 valence electrons. The Morgan fingerprint density at radius 1 is 1.14 bits per heavy atom. The van der Waals surface area contributed by atoms with Crippen molar-refractivity contribution in [2.75, 3.05) is 18.2 Å². The molecule has 9 nitrogen and oxygen atoms in total. The summed E-state index contributed by atoms with van der Waals surface area (Å²) in [5, 5.41) is 12.6. The van der Waals surface area contributed by atoms with Gasteiger partial charge in [0.15, 0.2) is 5.65 Å². The van der Waals surface area contributed by atoms with Gasteiger partial charge in [0.05, 0.1) is 19.3 Å². The van der Waals surface area contributed by atoms with Gasteiger partial charge in [0.2, 0.25) is 11.8 Å². The molecule has 0 bridgehead atoms. The molecule has 3 aromatic heterocycles. The molecule has 0 fully saturated rings. The van der Waals surface area contributed by atoms with E-state index in [1.807, 2.05) is 47.9 Å². The highest BCUT2D eigenvalue weighted by Crippen LogP contribution is 2.28. The highest BCUT2D eigenvalue weighted by atomic mass is 16.5. The van der Waals surface area contributed by atoms with Gasteiger partial charge in [-0.1, -0.05) is 18.2 Å². The van der Waals surface area contributed by atoms with E-state index in [0.717, 1.165) is 11.2 Å². The SMILES string of the molecule is COc1ccc2nc([C@H](C)Nc3nc(N)ncc3C#N)n(-c3ccccc3)c2n1. The van der Waals surface area contributed by atoms with E-state index in [1.54, 1.807) is 13.2 Å². The predicted molar refractivity (Wildman–Crippen MR) is 109 cm³/mol. The molecule has 0 aliphatic rings. The van der Waals surface area contributed by atoms with Gasteiger partial charge in [-0.3, -0.25) is 4.57 Å². The lowest BCUT2D eigenvalue weighted by Crippen LogP contribution is -2.15. The molecule has 0 aliphatic carbocycles. The van der Waals surface area contributed by atoms with Crippen LogP contribution in [0.15, 0.2) is 48.7 Å². The highest BCUT2D eigenvalue weighted by Gasteiger charge is 2.21. The summed E-state index contributed by atoms with van der Waals surface area (Å²) in [7, 11) is 1.57. The molecule has 0 saturated heterocycles. The van der Waals surface area contributed by atoms with Crippen LogP contribution in [0.5, 0.6) is 5.88 Å². The number of nitriles is 1. The standard InChI is InChI=1S/C20H18N8O/c1-12(24-17-13(10-21)11-23-20(22)27-17)18-25-15-8-9-16(29-2)26-19(15)28(18)14-6-4-3-5-7-14/h3-9,11-12H,1-2H3,(H3,22,23,24,27)/t12-/m0/s1. The first-order chi connectivity index (χ1) is 14.1. The maximum Gasteiger partial charge on any atom is 0.222 e. The predicted octanol–water partition coefficient (Wildman–Crippen LogP) is 2.85. The number of fused-ring (bicyclic) bond motifs is 1. The first-order valence-corrected chi connectivity index (χ1v) is 8.88. The lowest BCUT2D eigenvalue weighted by molar-refractivity contribution is 0.399. The average Bonchev–Trinajstić information content (AvgIpc) is 3.13. The van der Waals surface area contributed by atoms with Crippen LogP contribution < -0.4 is 15.8 Å². The highest BCUT2D eigenvalue weighted by molar-refractivity contribution is 5.75. The second-order valence-corrected chi connectivity index (χ2v) is 6.31. The molecule has 0 radical (unpaired) electrons. The van der Waals surface area contributed by atoms with Crippen LogP contribution in [0.1, 0.15) is 24.4 Å². The van der Waals surface area contributed by atoms with Gasteiger partial charge < -0.3 is 15.8 Å². The zero-order valence-corrected chi connectivity index (χ0v) is 15.9. The third kappa shape index (κ3) is 3.39. The Hall–Kier alpha value is -4.19. The number of aromatic nitrogens is 5. The monoisotopic (exact) mass is 386 g/mol. The number of methoxy groups -OCH3 is 1. The number of benzene rings is 1. The maximum atomic E-state index is 9.34. The summed E-state index contributed by atoms with van der Waals surface area (Å²) in [6, 6.07) is 15.2. The van der Waals surface area contributed by atoms with Crippen molar-refractivity contribution < 1.29 is 4.74 Å². The van der Waals surface area contributed by atoms with Crippen LogP contribution in [-0.2, 0) is 0 Å². The van der Waals surface area contributed by atoms with Crippen molar-refractivity contribution in [3.05, 3.63) is 60.0 Å². The van der Waals surface area contributed by atoms with Gasteiger partial charge in [-0.15, -0.1) is 0 Å². The Bertz CT molecular complexity index is 1210. The number of nitrogens with one attached hydrogen (secondary N) is 1. The average molecular weight is 386 g/mol. The Morgan fingerprint density at radius 3 is 2.66 bits per heavy atom. The smallest absolute Gasteiger partial charge is 0.222 e. The third-order valence-corrected chi connectivity index (χ3v) is 4.40. The van der Waals surface area contributed by atoms with Gasteiger partial charge in [-0.2, -0.15) is 15.2 Å². The van der Waals surface area contributed by atoms with Gasteiger partial charge in [0, 0.05) is 11.8 Å². The fraction of sp³-hybridized carbons (Fsp3) is 0.150. The van der Waals surface area contributed by atoms with Crippen molar-refractivity contribution in [3.8, 4) is 17.6 Å². The molecule has 9 heteroatoms. The first kappa shape index (κ1) is 18.2. The molecule has 4 aromatic rings. The number of anilines is 2. The first-order valence-electron chi connectivity index (χ1n) is 8.88. The minimum atomic E-state index is -0.309. The third-order valence-electron chi connectivity index (χ3n) is 4.40. The molecule has 3 N–H and O–H groups in total. The van der Waals surface area contributed by atoms with Crippen LogP contribution in [0.2, 0.25) is 0 Å². The fourth-order valence-corrected chi connectivity index (χ4v) is 3.05. The molecule has 0 aliphatic heterocycles. The zero-order valence-electron chi connectivity index (χ0n) is 15.9. The molecule has 0 saturated carbocycles. The van der Waals surface area contributed by atoms with Gasteiger partial charge >= 0.3 is 0 Å². The van der Waals surface area contributed by atoms with Gasteiger partial charge in [0.25, 0.3) is 0 Å².